The highest BCUT2D eigenvalue weighted by atomic mass is 16.3. The molecule has 0 radical (unpaired) electrons. The van der Waals surface area contributed by atoms with E-state index < -0.39 is 0 Å². The molecular formula is C15H19N3O. The number of imidazole rings is 1. The average molecular weight is 257 g/mol. The zero-order chi connectivity index (χ0) is 13.1. The van der Waals surface area contributed by atoms with Crippen molar-refractivity contribution < 1.29 is 5.11 Å². The van der Waals surface area contributed by atoms with Gasteiger partial charge in [-0.2, -0.15) is 0 Å². The van der Waals surface area contributed by atoms with E-state index in [1.807, 2.05) is 36.9 Å². The van der Waals surface area contributed by atoms with E-state index in [-0.39, 0.29) is 6.10 Å². The van der Waals surface area contributed by atoms with Gasteiger partial charge in [0, 0.05) is 43.3 Å². The highest BCUT2D eigenvalue weighted by Crippen LogP contribution is 2.33. The van der Waals surface area contributed by atoms with Crippen molar-refractivity contribution in [3.05, 3.63) is 48.5 Å². The van der Waals surface area contributed by atoms with Gasteiger partial charge in [0.1, 0.15) is 0 Å². The van der Waals surface area contributed by atoms with Gasteiger partial charge in [-0.1, -0.05) is 18.2 Å². The summed E-state index contributed by atoms with van der Waals surface area (Å²) < 4.78 is 2.10. The first kappa shape index (κ1) is 12.2. The summed E-state index contributed by atoms with van der Waals surface area (Å²) in [5.74, 6) is 0. The highest BCUT2D eigenvalue weighted by Gasteiger charge is 2.22. The van der Waals surface area contributed by atoms with Crippen LogP contribution in [0.25, 0.3) is 0 Å². The molecule has 19 heavy (non-hydrogen) atoms. The Morgan fingerprint density at radius 3 is 3.00 bits per heavy atom. The summed E-state index contributed by atoms with van der Waals surface area (Å²) in [5.41, 5.74) is 2.25. The molecule has 0 bridgehead atoms. The van der Waals surface area contributed by atoms with Gasteiger partial charge in [-0.05, 0) is 18.9 Å². The second-order valence-electron chi connectivity index (χ2n) is 5.00. The van der Waals surface area contributed by atoms with E-state index >= 15 is 0 Å². The maximum atomic E-state index is 10.0. The number of anilines is 1. The molecule has 2 heterocycles. The number of para-hydroxylation sites is 1. The zero-order valence-corrected chi connectivity index (χ0v) is 10.9. The number of fused-ring (bicyclic) bond motifs is 1. The Labute approximate surface area is 113 Å². The van der Waals surface area contributed by atoms with E-state index in [0.717, 1.165) is 38.0 Å². The van der Waals surface area contributed by atoms with Crippen LogP contribution in [0.2, 0.25) is 0 Å². The molecule has 1 N–H and O–H groups in total. The summed E-state index contributed by atoms with van der Waals surface area (Å²) >= 11 is 0. The van der Waals surface area contributed by atoms with Crippen LogP contribution in [-0.2, 0) is 6.54 Å². The van der Waals surface area contributed by atoms with Crippen molar-refractivity contribution in [1.82, 2.24) is 9.55 Å². The van der Waals surface area contributed by atoms with Gasteiger partial charge in [0.05, 0.1) is 12.4 Å². The van der Waals surface area contributed by atoms with Crippen molar-refractivity contribution in [3.8, 4) is 0 Å². The van der Waals surface area contributed by atoms with E-state index in [4.69, 9.17) is 0 Å². The highest BCUT2D eigenvalue weighted by molar-refractivity contribution is 5.56. The molecule has 1 atom stereocenters. The van der Waals surface area contributed by atoms with Crippen molar-refractivity contribution in [2.45, 2.75) is 25.5 Å². The van der Waals surface area contributed by atoms with Crippen molar-refractivity contribution in [3.63, 3.8) is 0 Å². The molecular weight excluding hydrogens is 238 g/mol. The van der Waals surface area contributed by atoms with Gasteiger partial charge in [-0.25, -0.2) is 4.98 Å². The molecule has 1 aliphatic heterocycles. The van der Waals surface area contributed by atoms with Crippen LogP contribution < -0.4 is 4.90 Å². The lowest BCUT2D eigenvalue weighted by Gasteiger charge is -2.33. The molecule has 1 aromatic heterocycles. The molecule has 1 aromatic carbocycles. The van der Waals surface area contributed by atoms with Crippen molar-refractivity contribution in [1.29, 1.82) is 0 Å². The van der Waals surface area contributed by atoms with Crippen LogP contribution in [0.1, 0.15) is 24.5 Å². The predicted molar refractivity (Wildman–Crippen MR) is 75.1 cm³/mol. The molecule has 1 aliphatic rings. The number of rotatable bonds is 4. The Balaban J connectivity index is 1.64. The first-order valence-electron chi connectivity index (χ1n) is 6.82. The van der Waals surface area contributed by atoms with Crippen LogP contribution in [0, 0.1) is 0 Å². The second kappa shape index (κ2) is 5.45. The summed E-state index contributed by atoms with van der Waals surface area (Å²) in [7, 11) is 0. The molecule has 0 saturated carbocycles. The topological polar surface area (TPSA) is 41.3 Å². The van der Waals surface area contributed by atoms with Gasteiger partial charge in [-0.3, -0.25) is 0 Å². The van der Waals surface area contributed by atoms with Crippen LogP contribution in [-0.4, -0.2) is 27.7 Å². The third kappa shape index (κ3) is 2.63. The fourth-order valence-corrected chi connectivity index (χ4v) is 2.71. The van der Waals surface area contributed by atoms with Gasteiger partial charge < -0.3 is 14.6 Å². The van der Waals surface area contributed by atoms with Crippen LogP contribution in [0.15, 0.2) is 43.0 Å². The first-order valence-corrected chi connectivity index (χ1v) is 6.82. The summed E-state index contributed by atoms with van der Waals surface area (Å²) in [6.07, 6.45) is 7.26. The Morgan fingerprint density at radius 1 is 1.26 bits per heavy atom. The van der Waals surface area contributed by atoms with Crippen LogP contribution in [0.4, 0.5) is 5.69 Å². The molecule has 1 unspecified atom stereocenters. The summed E-state index contributed by atoms with van der Waals surface area (Å²) in [5, 5.41) is 10.0. The lowest BCUT2D eigenvalue weighted by molar-refractivity contribution is 0.164. The molecule has 4 nitrogen and oxygen atoms in total. The summed E-state index contributed by atoms with van der Waals surface area (Å²) in [6, 6.07) is 8.17. The second-order valence-corrected chi connectivity index (χ2v) is 5.00. The number of aliphatic hydroxyl groups is 1. The molecule has 0 fully saturated rings. The van der Waals surface area contributed by atoms with Gasteiger partial charge in [0.25, 0.3) is 0 Å². The van der Waals surface area contributed by atoms with Crippen molar-refractivity contribution in [2.24, 2.45) is 0 Å². The number of aryl methyl sites for hydroxylation is 1. The third-order valence-corrected chi connectivity index (χ3v) is 3.71. The number of nitrogens with zero attached hydrogens (tertiary/aromatic N) is 3. The zero-order valence-electron chi connectivity index (χ0n) is 10.9. The molecule has 0 saturated heterocycles. The minimum atomic E-state index is -0.305. The average Bonchev–Trinajstić information content (AvgIpc) is 2.95. The maximum Gasteiger partial charge on any atom is 0.0945 e. The Morgan fingerprint density at radius 2 is 2.16 bits per heavy atom. The summed E-state index contributed by atoms with van der Waals surface area (Å²) in [4.78, 5) is 6.42. The molecule has 0 amide bonds. The SMILES string of the molecule is OC1CCN(CCCn2ccnc2)c2ccccc21. The smallest absolute Gasteiger partial charge is 0.0945 e. The van der Waals surface area contributed by atoms with Crippen LogP contribution in [0.5, 0.6) is 0 Å². The monoisotopic (exact) mass is 257 g/mol. The van der Waals surface area contributed by atoms with Crippen LogP contribution >= 0.6 is 0 Å². The van der Waals surface area contributed by atoms with Crippen molar-refractivity contribution >= 4 is 5.69 Å². The Hall–Kier alpha value is -1.81. The molecule has 4 heteroatoms. The van der Waals surface area contributed by atoms with Crippen molar-refractivity contribution in [2.75, 3.05) is 18.0 Å². The quantitative estimate of drug-likeness (QED) is 0.913. The Kier molecular flexibility index (Phi) is 3.51. The molecule has 0 spiro atoms. The Bertz CT molecular complexity index is 524. The molecule has 0 aliphatic carbocycles. The number of hydrogen-bond acceptors (Lipinski definition) is 3. The van der Waals surface area contributed by atoms with Gasteiger partial charge in [0.15, 0.2) is 0 Å². The number of aromatic nitrogens is 2. The number of benzene rings is 1. The number of hydrogen-bond donors (Lipinski definition) is 1. The van der Waals surface area contributed by atoms with E-state index in [2.05, 4.69) is 20.5 Å². The van der Waals surface area contributed by atoms with E-state index in [1.165, 1.54) is 5.69 Å². The lowest BCUT2D eigenvalue weighted by Crippen LogP contribution is -2.32. The maximum absolute atomic E-state index is 10.0. The third-order valence-electron chi connectivity index (χ3n) is 3.71. The first-order chi connectivity index (χ1) is 9.34. The van der Waals surface area contributed by atoms with Gasteiger partial charge in [-0.15, -0.1) is 0 Å². The largest absolute Gasteiger partial charge is 0.388 e. The fraction of sp³-hybridized carbons (Fsp3) is 0.400. The normalized spacial score (nSPS) is 18.4. The predicted octanol–water partition coefficient (Wildman–Crippen LogP) is 2.22. The van der Waals surface area contributed by atoms with Gasteiger partial charge >= 0.3 is 0 Å². The summed E-state index contributed by atoms with van der Waals surface area (Å²) in [6.45, 7) is 2.94. The van der Waals surface area contributed by atoms with E-state index in [9.17, 15) is 5.11 Å². The van der Waals surface area contributed by atoms with E-state index in [0.29, 0.717) is 0 Å². The lowest BCUT2D eigenvalue weighted by atomic mass is 9.99. The minimum absolute atomic E-state index is 0.305. The molecule has 100 valence electrons. The molecule has 2 aromatic rings. The fourth-order valence-electron chi connectivity index (χ4n) is 2.71. The van der Waals surface area contributed by atoms with Gasteiger partial charge in [0.2, 0.25) is 0 Å². The van der Waals surface area contributed by atoms with Crippen LogP contribution in [0.3, 0.4) is 0 Å². The minimum Gasteiger partial charge on any atom is -0.388 e. The van der Waals surface area contributed by atoms with E-state index in [1.54, 1.807) is 0 Å². The number of aliphatic hydroxyl groups excluding tert-OH is 1. The molecule has 3 rings (SSSR count). The standard InChI is InChI=1S/C15H19N3O/c19-15-6-10-18(14-5-2-1-4-13(14)15)9-3-8-17-11-7-16-12-17/h1-2,4-5,7,11-12,15,19H,3,6,8-10H2.